The second kappa shape index (κ2) is 16.5. The summed E-state index contributed by atoms with van der Waals surface area (Å²) in [6.45, 7) is 2.14. The van der Waals surface area contributed by atoms with Gasteiger partial charge in [0.2, 0.25) is 0 Å². The minimum absolute atomic E-state index is 0.0842. The maximum absolute atomic E-state index is 10.3. The van der Waals surface area contributed by atoms with Gasteiger partial charge in [0.25, 0.3) is 10.1 Å². The average molecular weight is 507 g/mol. The van der Waals surface area contributed by atoms with E-state index in [0.29, 0.717) is 6.42 Å². The molecule has 0 amide bonds. The summed E-state index contributed by atoms with van der Waals surface area (Å²) in [5.41, 5.74) is 0.285. The van der Waals surface area contributed by atoms with Crippen LogP contribution in [0.15, 0.2) is 48.5 Å². The smallest absolute Gasteiger partial charge is 0.337 e. The molecule has 0 spiro atoms. The third kappa shape index (κ3) is 14.8. The van der Waals surface area contributed by atoms with Gasteiger partial charge in [0.15, 0.2) is 0 Å². The van der Waals surface area contributed by atoms with Gasteiger partial charge in [-0.15, -0.1) is 0 Å². The second-order valence-electron chi connectivity index (χ2n) is 6.62. The summed E-state index contributed by atoms with van der Waals surface area (Å²) < 4.78 is 28.9. The molecule has 2 aromatic carbocycles. The molecule has 3 N–H and O–H groups in total. The Morgan fingerprint density at radius 2 is 1.12 bits per heavy atom. The summed E-state index contributed by atoms with van der Waals surface area (Å²) in [6, 6.07) is 12.7. The zero-order chi connectivity index (χ0) is 24.6. The minimum Gasteiger partial charge on any atom is -0.478 e. The van der Waals surface area contributed by atoms with Crippen LogP contribution in [-0.4, -0.2) is 40.9 Å². The van der Waals surface area contributed by atoms with Gasteiger partial charge in [-0.25, -0.2) is 9.59 Å². The Morgan fingerprint density at radius 1 is 0.750 bits per heavy atom. The highest BCUT2D eigenvalue weighted by Crippen LogP contribution is 2.14. The first-order valence-electron chi connectivity index (χ1n) is 9.90. The van der Waals surface area contributed by atoms with Crippen molar-refractivity contribution in [3.63, 3.8) is 0 Å². The number of hydrogen-bond donors (Lipinski definition) is 3. The van der Waals surface area contributed by atoms with Gasteiger partial charge in [-0.05, 0) is 30.7 Å². The number of carboxylic acid groups (broad SMARTS) is 2. The van der Waals surface area contributed by atoms with Crippen molar-refractivity contribution >= 4 is 45.3 Å². The second-order valence-corrected chi connectivity index (χ2v) is 9.01. The van der Waals surface area contributed by atoms with Gasteiger partial charge >= 0.3 is 11.9 Å². The van der Waals surface area contributed by atoms with Crippen molar-refractivity contribution in [1.29, 1.82) is 0 Å². The van der Waals surface area contributed by atoms with Gasteiger partial charge in [-0.1, -0.05) is 86.5 Å². The standard InChI is InChI=1S/C8H18O3S.2C7H5ClO2/c1-2-3-4-5-6-7-8-12(9,10)11;2*8-6-4-2-1-3-5(6)7(9)10/h2-8H2,1H3,(H,9,10,11);2*1-4H,(H,9,10). The molecular formula is C22H28Cl2O7S. The fourth-order valence-corrected chi connectivity index (χ4v) is 3.34. The lowest BCUT2D eigenvalue weighted by atomic mass is 10.1. The van der Waals surface area contributed by atoms with E-state index in [9.17, 15) is 18.0 Å². The molecule has 0 aliphatic rings. The highest BCUT2D eigenvalue weighted by atomic mass is 35.5. The molecule has 2 aromatic rings. The summed E-state index contributed by atoms with van der Waals surface area (Å²) in [6.07, 6.45) is 6.14. The lowest BCUT2D eigenvalue weighted by Gasteiger charge is -1.98. The number of benzene rings is 2. The molecule has 0 aliphatic heterocycles. The Morgan fingerprint density at radius 3 is 1.44 bits per heavy atom. The fraction of sp³-hybridized carbons (Fsp3) is 0.364. The summed E-state index contributed by atoms with van der Waals surface area (Å²) >= 11 is 11.1. The van der Waals surface area contributed by atoms with Gasteiger partial charge < -0.3 is 10.2 Å². The van der Waals surface area contributed by atoms with E-state index < -0.39 is 22.1 Å². The Kier molecular flexibility index (Phi) is 15.4. The molecule has 32 heavy (non-hydrogen) atoms. The van der Waals surface area contributed by atoms with Crippen LogP contribution >= 0.6 is 23.2 Å². The first-order chi connectivity index (χ1) is 15.0. The van der Waals surface area contributed by atoms with Crippen LogP contribution < -0.4 is 0 Å². The van der Waals surface area contributed by atoms with Crippen molar-refractivity contribution in [2.75, 3.05) is 5.75 Å². The van der Waals surface area contributed by atoms with E-state index in [2.05, 4.69) is 6.92 Å². The van der Waals surface area contributed by atoms with Gasteiger partial charge in [-0.3, -0.25) is 4.55 Å². The van der Waals surface area contributed by atoms with Crippen molar-refractivity contribution in [3.05, 3.63) is 69.7 Å². The molecule has 0 atom stereocenters. The molecule has 0 heterocycles. The van der Waals surface area contributed by atoms with Crippen LogP contribution in [-0.2, 0) is 10.1 Å². The molecule has 178 valence electrons. The molecule has 0 unspecified atom stereocenters. The molecule has 0 saturated carbocycles. The molecule has 7 nitrogen and oxygen atoms in total. The van der Waals surface area contributed by atoms with Crippen molar-refractivity contribution in [2.45, 2.75) is 45.4 Å². The van der Waals surface area contributed by atoms with Gasteiger partial charge in [0.1, 0.15) is 0 Å². The largest absolute Gasteiger partial charge is 0.478 e. The maximum Gasteiger partial charge on any atom is 0.337 e. The van der Waals surface area contributed by atoms with Crippen LogP contribution in [0.5, 0.6) is 0 Å². The Balaban J connectivity index is 0.000000452. The van der Waals surface area contributed by atoms with Crippen LogP contribution in [0.3, 0.4) is 0 Å². The van der Waals surface area contributed by atoms with Crippen molar-refractivity contribution in [2.24, 2.45) is 0 Å². The van der Waals surface area contributed by atoms with Crippen LogP contribution in [0.1, 0.15) is 66.2 Å². The van der Waals surface area contributed by atoms with E-state index in [1.165, 1.54) is 31.4 Å². The highest BCUT2D eigenvalue weighted by molar-refractivity contribution is 7.85. The number of carboxylic acids is 2. The molecule has 10 heteroatoms. The topological polar surface area (TPSA) is 129 Å². The van der Waals surface area contributed by atoms with E-state index in [1.807, 2.05) is 0 Å². The Bertz CT molecular complexity index is 891. The Labute approximate surface area is 198 Å². The lowest BCUT2D eigenvalue weighted by molar-refractivity contribution is 0.0686. The molecular weight excluding hydrogens is 479 g/mol. The monoisotopic (exact) mass is 506 g/mol. The Hall–Kier alpha value is -2.13. The predicted molar refractivity (Wildman–Crippen MR) is 127 cm³/mol. The van der Waals surface area contributed by atoms with Crippen molar-refractivity contribution < 1.29 is 32.8 Å². The normalized spacial score (nSPS) is 10.2. The summed E-state index contributed by atoms with van der Waals surface area (Å²) in [5, 5.41) is 17.5. The van der Waals surface area contributed by atoms with Crippen molar-refractivity contribution in [3.8, 4) is 0 Å². The average Bonchev–Trinajstić information content (AvgIpc) is 2.71. The third-order valence-corrected chi connectivity index (χ3v) is 5.43. The molecule has 0 bridgehead atoms. The highest BCUT2D eigenvalue weighted by Gasteiger charge is 2.05. The van der Waals surface area contributed by atoms with E-state index in [4.69, 9.17) is 38.0 Å². The summed E-state index contributed by atoms with van der Waals surface area (Å²) in [7, 11) is -3.72. The number of carbonyl (C=O) groups is 2. The number of aromatic carboxylic acids is 2. The predicted octanol–water partition coefficient (Wildman–Crippen LogP) is 6.31. The molecule has 0 aromatic heterocycles. The number of rotatable bonds is 9. The van der Waals surface area contributed by atoms with E-state index in [0.717, 1.165) is 12.8 Å². The maximum atomic E-state index is 10.3. The molecule has 2 rings (SSSR count). The van der Waals surface area contributed by atoms with Crippen molar-refractivity contribution in [1.82, 2.24) is 0 Å². The minimum atomic E-state index is -3.72. The van der Waals surface area contributed by atoms with Crippen LogP contribution in [0, 0.1) is 0 Å². The first-order valence-corrected chi connectivity index (χ1v) is 12.3. The van der Waals surface area contributed by atoms with Gasteiger partial charge in [0.05, 0.1) is 26.9 Å². The van der Waals surface area contributed by atoms with Crippen LogP contribution in [0.25, 0.3) is 0 Å². The zero-order valence-corrected chi connectivity index (χ0v) is 20.0. The first kappa shape index (κ1) is 29.9. The van der Waals surface area contributed by atoms with Gasteiger partial charge in [-0.2, -0.15) is 8.42 Å². The molecule has 0 aliphatic carbocycles. The summed E-state index contributed by atoms with van der Waals surface area (Å²) in [5.74, 6) is -2.07. The molecule has 0 fully saturated rings. The van der Waals surface area contributed by atoms with Gasteiger partial charge in [0, 0.05) is 0 Å². The molecule has 0 radical (unpaired) electrons. The lowest BCUT2D eigenvalue weighted by Crippen LogP contribution is -2.03. The van der Waals surface area contributed by atoms with Crippen LogP contribution in [0.4, 0.5) is 0 Å². The van der Waals surface area contributed by atoms with E-state index in [-0.39, 0.29) is 26.9 Å². The fourth-order valence-electron chi connectivity index (χ4n) is 2.33. The van der Waals surface area contributed by atoms with Crippen LogP contribution in [0.2, 0.25) is 10.0 Å². The van der Waals surface area contributed by atoms with E-state index in [1.54, 1.807) is 36.4 Å². The zero-order valence-electron chi connectivity index (χ0n) is 17.7. The third-order valence-electron chi connectivity index (χ3n) is 3.96. The van der Waals surface area contributed by atoms with E-state index >= 15 is 0 Å². The number of halogens is 2. The molecule has 0 saturated heterocycles. The SMILES string of the molecule is CCCCCCCCS(=O)(=O)O.O=C(O)c1ccccc1Cl.O=C(O)c1ccccc1Cl. The summed E-state index contributed by atoms with van der Waals surface area (Å²) in [4.78, 5) is 20.7. The quantitative estimate of drug-likeness (QED) is 0.268. The number of unbranched alkanes of at least 4 members (excludes halogenated alkanes) is 5. The number of hydrogen-bond acceptors (Lipinski definition) is 4.